The van der Waals surface area contributed by atoms with Crippen molar-refractivity contribution in [2.24, 2.45) is 4.99 Å². The number of nitrogens with one attached hydrogen (secondary N) is 1. The molecule has 0 aliphatic carbocycles. The first kappa shape index (κ1) is 21.0. The van der Waals surface area contributed by atoms with Gasteiger partial charge in [-0.3, -0.25) is 14.5 Å². The number of thioether (sulfide) groups is 1. The SMILES string of the molecule is CCN1C(=O)CC(C(=O)Nc2ccccc2Cl)SC1=Nc1ccc(Cl)c(Cl)c1. The monoisotopic (exact) mass is 455 g/mol. The molecule has 5 nitrogen and oxygen atoms in total. The molecule has 1 aliphatic rings. The Morgan fingerprint density at radius 1 is 1.18 bits per heavy atom. The van der Waals surface area contributed by atoms with Crippen molar-refractivity contribution in [1.29, 1.82) is 0 Å². The largest absolute Gasteiger partial charge is 0.324 e. The summed E-state index contributed by atoms with van der Waals surface area (Å²) in [5, 5.41) is 3.82. The first-order valence-electron chi connectivity index (χ1n) is 8.45. The van der Waals surface area contributed by atoms with Crippen molar-refractivity contribution in [3.8, 4) is 0 Å². The smallest absolute Gasteiger partial charge is 0.238 e. The molecule has 2 aromatic rings. The molecule has 0 aromatic heterocycles. The standard InChI is InChI=1S/C19H16Cl3N3O2S/c1-2-25-17(26)10-16(18(27)24-15-6-4-3-5-13(15)21)28-19(25)23-11-7-8-12(20)14(22)9-11/h3-9,16H,2,10H2,1H3,(H,24,27). The van der Waals surface area contributed by atoms with Gasteiger partial charge in [-0.15, -0.1) is 0 Å². The predicted octanol–water partition coefficient (Wildman–Crippen LogP) is 5.63. The zero-order valence-corrected chi connectivity index (χ0v) is 17.9. The summed E-state index contributed by atoms with van der Waals surface area (Å²) in [4.78, 5) is 31.3. The highest BCUT2D eigenvalue weighted by Crippen LogP contribution is 2.32. The average molecular weight is 457 g/mol. The molecule has 0 radical (unpaired) electrons. The first-order valence-corrected chi connectivity index (χ1v) is 10.5. The third-order valence-corrected chi connectivity index (χ3v) is 6.26. The highest BCUT2D eigenvalue weighted by atomic mass is 35.5. The summed E-state index contributed by atoms with van der Waals surface area (Å²) in [6.45, 7) is 2.30. The van der Waals surface area contributed by atoms with Crippen molar-refractivity contribution in [3.63, 3.8) is 0 Å². The molecule has 0 bridgehead atoms. The van der Waals surface area contributed by atoms with Gasteiger partial charge in [0.2, 0.25) is 11.8 Å². The van der Waals surface area contributed by atoms with Crippen molar-refractivity contribution in [3.05, 3.63) is 57.5 Å². The molecule has 1 fully saturated rings. The maximum Gasteiger partial charge on any atom is 0.238 e. The van der Waals surface area contributed by atoms with Crippen LogP contribution in [0.4, 0.5) is 11.4 Å². The van der Waals surface area contributed by atoms with E-state index in [1.807, 2.05) is 6.92 Å². The fraction of sp³-hybridized carbons (Fsp3) is 0.211. The lowest BCUT2D eigenvalue weighted by molar-refractivity contribution is -0.129. The van der Waals surface area contributed by atoms with Crippen LogP contribution in [0.15, 0.2) is 47.5 Å². The van der Waals surface area contributed by atoms with E-state index < -0.39 is 5.25 Å². The molecule has 1 heterocycles. The molecule has 2 aromatic carbocycles. The predicted molar refractivity (Wildman–Crippen MR) is 117 cm³/mol. The second-order valence-electron chi connectivity index (χ2n) is 5.91. The minimum atomic E-state index is -0.618. The van der Waals surface area contributed by atoms with Crippen LogP contribution in [-0.4, -0.2) is 33.7 Å². The van der Waals surface area contributed by atoms with E-state index in [9.17, 15) is 9.59 Å². The fourth-order valence-corrected chi connectivity index (χ4v) is 4.23. The number of hydrogen-bond donors (Lipinski definition) is 1. The van der Waals surface area contributed by atoms with Crippen molar-refractivity contribution >= 4 is 74.9 Å². The Kier molecular flexibility index (Phi) is 6.88. The van der Waals surface area contributed by atoms with Gasteiger partial charge in [0.1, 0.15) is 5.25 Å². The van der Waals surface area contributed by atoms with Crippen LogP contribution >= 0.6 is 46.6 Å². The van der Waals surface area contributed by atoms with Gasteiger partial charge in [0.05, 0.1) is 26.4 Å². The molecule has 1 aliphatic heterocycles. The number of aliphatic imine (C=N–C) groups is 1. The van der Waals surface area contributed by atoms with E-state index in [2.05, 4.69) is 10.3 Å². The minimum Gasteiger partial charge on any atom is -0.324 e. The zero-order valence-electron chi connectivity index (χ0n) is 14.8. The van der Waals surface area contributed by atoms with Crippen molar-refractivity contribution in [2.75, 3.05) is 11.9 Å². The van der Waals surface area contributed by atoms with Gasteiger partial charge >= 0.3 is 0 Å². The Bertz CT molecular complexity index is 952. The second-order valence-corrected chi connectivity index (χ2v) is 8.30. The molecule has 1 atom stereocenters. The lowest BCUT2D eigenvalue weighted by Crippen LogP contribution is -2.45. The van der Waals surface area contributed by atoms with Gasteiger partial charge in [0.25, 0.3) is 0 Å². The molecule has 0 spiro atoms. The number of hydrogen-bond acceptors (Lipinski definition) is 4. The molecule has 0 saturated carbocycles. The van der Waals surface area contributed by atoms with Crippen LogP contribution in [0.1, 0.15) is 13.3 Å². The van der Waals surface area contributed by atoms with Crippen LogP contribution in [-0.2, 0) is 9.59 Å². The van der Waals surface area contributed by atoms with E-state index >= 15 is 0 Å². The second kappa shape index (κ2) is 9.18. The normalized spacial score (nSPS) is 18.4. The third-order valence-electron chi connectivity index (χ3n) is 4.01. The van der Waals surface area contributed by atoms with E-state index in [0.29, 0.717) is 38.2 Å². The molecule has 3 rings (SSSR count). The first-order chi connectivity index (χ1) is 13.4. The van der Waals surface area contributed by atoms with E-state index in [-0.39, 0.29) is 18.2 Å². The van der Waals surface area contributed by atoms with Crippen molar-refractivity contribution < 1.29 is 9.59 Å². The van der Waals surface area contributed by atoms with E-state index in [0.717, 1.165) is 0 Å². The van der Waals surface area contributed by atoms with Gasteiger partial charge in [0.15, 0.2) is 5.17 Å². The summed E-state index contributed by atoms with van der Waals surface area (Å²) >= 11 is 19.3. The highest BCUT2D eigenvalue weighted by Gasteiger charge is 2.35. The zero-order chi connectivity index (χ0) is 20.3. The van der Waals surface area contributed by atoms with Crippen molar-refractivity contribution in [1.82, 2.24) is 4.90 Å². The average Bonchev–Trinajstić information content (AvgIpc) is 2.66. The number of amides is 2. The minimum absolute atomic E-state index is 0.0786. The Morgan fingerprint density at radius 2 is 1.93 bits per heavy atom. The highest BCUT2D eigenvalue weighted by molar-refractivity contribution is 8.15. The number of benzene rings is 2. The fourth-order valence-electron chi connectivity index (χ4n) is 2.59. The number of halogens is 3. The van der Waals surface area contributed by atoms with Crippen molar-refractivity contribution in [2.45, 2.75) is 18.6 Å². The molecule has 146 valence electrons. The molecule has 9 heteroatoms. The molecular formula is C19H16Cl3N3O2S. The van der Waals surface area contributed by atoms with Gasteiger partial charge in [-0.2, -0.15) is 0 Å². The molecule has 1 N–H and O–H groups in total. The molecule has 1 unspecified atom stereocenters. The van der Waals surface area contributed by atoms with Crippen LogP contribution in [0.2, 0.25) is 15.1 Å². The maximum absolute atomic E-state index is 12.7. The number of amidine groups is 1. The number of para-hydroxylation sites is 1. The Labute approximate surface area is 182 Å². The van der Waals surface area contributed by atoms with Crippen LogP contribution in [0.5, 0.6) is 0 Å². The number of rotatable bonds is 4. The Balaban J connectivity index is 1.84. The summed E-state index contributed by atoms with van der Waals surface area (Å²) in [7, 11) is 0. The Hall–Kier alpha value is -1.73. The lowest BCUT2D eigenvalue weighted by Gasteiger charge is -2.31. The summed E-state index contributed by atoms with van der Waals surface area (Å²) < 4.78 is 0. The molecular weight excluding hydrogens is 441 g/mol. The number of anilines is 1. The summed E-state index contributed by atoms with van der Waals surface area (Å²) in [5.41, 5.74) is 1.05. The Morgan fingerprint density at radius 3 is 2.61 bits per heavy atom. The van der Waals surface area contributed by atoms with Crippen LogP contribution in [0.25, 0.3) is 0 Å². The van der Waals surface area contributed by atoms with Crippen LogP contribution < -0.4 is 5.32 Å². The number of carbonyl (C=O) groups is 2. The van der Waals surface area contributed by atoms with Gasteiger partial charge in [0, 0.05) is 13.0 Å². The summed E-state index contributed by atoms with van der Waals surface area (Å²) in [6, 6.07) is 11.9. The van der Waals surface area contributed by atoms with E-state index in [1.54, 1.807) is 47.4 Å². The molecule has 28 heavy (non-hydrogen) atoms. The summed E-state index contributed by atoms with van der Waals surface area (Å²) in [6.07, 6.45) is 0.0786. The van der Waals surface area contributed by atoms with Gasteiger partial charge in [-0.25, -0.2) is 4.99 Å². The third kappa shape index (κ3) is 4.81. The quantitative estimate of drug-likeness (QED) is 0.649. The van der Waals surface area contributed by atoms with E-state index in [4.69, 9.17) is 34.8 Å². The van der Waals surface area contributed by atoms with Gasteiger partial charge < -0.3 is 5.32 Å². The number of carbonyl (C=O) groups excluding carboxylic acids is 2. The van der Waals surface area contributed by atoms with Gasteiger partial charge in [-0.05, 0) is 37.3 Å². The molecule has 2 amide bonds. The van der Waals surface area contributed by atoms with Crippen LogP contribution in [0, 0.1) is 0 Å². The number of nitrogens with zero attached hydrogens (tertiary/aromatic N) is 2. The maximum atomic E-state index is 12.7. The molecule has 1 saturated heterocycles. The summed E-state index contributed by atoms with van der Waals surface area (Å²) in [5.74, 6) is -0.469. The van der Waals surface area contributed by atoms with E-state index in [1.165, 1.54) is 11.8 Å². The van der Waals surface area contributed by atoms with Gasteiger partial charge in [-0.1, -0.05) is 58.7 Å². The lowest BCUT2D eigenvalue weighted by atomic mass is 10.2. The topological polar surface area (TPSA) is 61.8 Å². The van der Waals surface area contributed by atoms with Crippen LogP contribution in [0.3, 0.4) is 0 Å².